The fourth-order valence-electron chi connectivity index (χ4n) is 5.81. The van der Waals surface area contributed by atoms with Crippen LogP contribution in [0.4, 0.5) is 0 Å². The predicted octanol–water partition coefficient (Wildman–Crippen LogP) is 2.69. The number of benzene rings is 1. The number of nitrogens with zero attached hydrogens (tertiary/aromatic N) is 1. The van der Waals surface area contributed by atoms with E-state index < -0.39 is 17.1 Å². The second-order valence-corrected chi connectivity index (χ2v) is 8.89. The van der Waals surface area contributed by atoms with Gasteiger partial charge in [-0.25, -0.2) is 0 Å². The number of amides is 1. The van der Waals surface area contributed by atoms with Gasteiger partial charge in [0.25, 0.3) is 5.91 Å². The van der Waals surface area contributed by atoms with Crippen LogP contribution in [0.15, 0.2) is 30.3 Å². The van der Waals surface area contributed by atoms with Crippen LogP contribution in [0.3, 0.4) is 0 Å². The zero-order valence-corrected chi connectivity index (χ0v) is 15.5. The summed E-state index contributed by atoms with van der Waals surface area (Å²) in [4.78, 5) is 27.4. The van der Waals surface area contributed by atoms with Gasteiger partial charge >= 0.3 is 5.97 Å². The summed E-state index contributed by atoms with van der Waals surface area (Å²) in [5.74, 6) is 0.240. The number of rotatable bonds is 4. The molecule has 4 saturated carbocycles. The first kappa shape index (κ1) is 17.5. The van der Waals surface area contributed by atoms with Gasteiger partial charge < -0.3 is 14.7 Å². The molecule has 0 heterocycles. The molecule has 0 unspecified atom stereocenters. The summed E-state index contributed by atoms with van der Waals surface area (Å²) in [6, 6.07) is 9.18. The van der Waals surface area contributed by atoms with Crippen molar-refractivity contribution in [3.8, 4) is 0 Å². The summed E-state index contributed by atoms with van der Waals surface area (Å²) in [7, 11) is 3.33. The van der Waals surface area contributed by atoms with E-state index in [1.165, 1.54) is 4.90 Å². The van der Waals surface area contributed by atoms with Crippen LogP contribution >= 0.6 is 0 Å². The van der Waals surface area contributed by atoms with Crippen molar-refractivity contribution in [2.75, 3.05) is 14.1 Å². The third-order valence-electron chi connectivity index (χ3n) is 6.46. The van der Waals surface area contributed by atoms with Gasteiger partial charge in [-0.05, 0) is 50.4 Å². The van der Waals surface area contributed by atoms with Gasteiger partial charge in [-0.3, -0.25) is 9.59 Å². The van der Waals surface area contributed by atoms with E-state index in [0.717, 1.165) is 32.1 Å². The molecule has 26 heavy (non-hydrogen) atoms. The fourth-order valence-corrected chi connectivity index (χ4v) is 5.81. The Morgan fingerprint density at radius 1 is 1.12 bits per heavy atom. The lowest BCUT2D eigenvalue weighted by atomic mass is 9.48. The molecule has 1 aromatic carbocycles. The molecule has 5 nitrogen and oxygen atoms in total. The zero-order chi connectivity index (χ0) is 18.5. The van der Waals surface area contributed by atoms with Gasteiger partial charge in [-0.2, -0.15) is 0 Å². The highest BCUT2D eigenvalue weighted by atomic mass is 16.5. The third kappa shape index (κ3) is 2.92. The van der Waals surface area contributed by atoms with Crippen LogP contribution in [-0.4, -0.2) is 41.6 Å². The molecule has 5 rings (SSSR count). The lowest BCUT2D eigenvalue weighted by Crippen LogP contribution is -2.58. The molecule has 0 radical (unpaired) electrons. The van der Waals surface area contributed by atoms with Crippen LogP contribution in [0.5, 0.6) is 0 Å². The third-order valence-corrected chi connectivity index (χ3v) is 6.46. The Morgan fingerprint density at radius 2 is 1.73 bits per heavy atom. The molecule has 3 atom stereocenters. The standard InChI is InChI=1S/C21H27NO4/c1-22(2)18(23)17(16-6-4-3-5-7-16)26-19(24)20-9-14-8-15(10-20)12-21(25,11-14)13-20/h3-7,14-15,17,25H,8-13H2,1-2H3/t14-,15-,17-,20?,21?/m1/s1. The second kappa shape index (κ2) is 6.08. The molecular weight excluding hydrogens is 330 g/mol. The smallest absolute Gasteiger partial charge is 0.313 e. The number of carbonyl (C=O) groups excluding carboxylic acids is 2. The average Bonchev–Trinajstić information content (AvgIpc) is 2.57. The minimum Gasteiger partial charge on any atom is -0.447 e. The minimum absolute atomic E-state index is 0.243. The summed E-state index contributed by atoms with van der Waals surface area (Å²) in [5.41, 5.74) is -0.669. The van der Waals surface area contributed by atoms with Crippen molar-refractivity contribution in [1.29, 1.82) is 0 Å². The lowest BCUT2D eigenvalue weighted by Gasteiger charge is -2.58. The Hall–Kier alpha value is -1.88. The molecule has 140 valence electrons. The Bertz CT molecular complexity index is 700. The highest BCUT2D eigenvalue weighted by Gasteiger charge is 2.61. The van der Waals surface area contributed by atoms with E-state index in [9.17, 15) is 14.7 Å². The van der Waals surface area contributed by atoms with Gasteiger partial charge in [-0.1, -0.05) is 30.3 Å². The van der Waals surface area contributed by atoms with Gasteiger partial charge in [0.2, 0.25) is 6.10 Å². The van der Waals surface area contributed by atoms with Crippen molar-refractivity contribution in [3.63, 3.8) is 0 Å². The Balaban J connectivity index is 1.60. The highest BCUT2D eigenvalue weighted by Crippen LogP contribution is 2.62. The van der Waals surface area contributed by atoms with E-state index in [1.54, 1.807) is 14.1 Å². The van der Waals surface area contributed by atoms with Gasteiger partial charge in [0.15, 0.2) is 0 Å². The van der Waals surface area contributed by atoms with Crippen molar-refractivity contribution >= 4 is 11.9 Å². The molecule has 1 aromatic rings. The quantitative estimate of drug-likeness (QED) is 0.842. The zero-order valence-electron chi connectivity index (χ0n) is 15.5. The van der Waals surface area contributed by atoms with Crippen LogP contribution in [0, 0.1) is 17.3 Å². The van der Waals surface area contributed by atoms with Crippen molar-refractivity contribution in [2.24, 2.45) is 17.3 Å². The molecule has 0 saturated heterocycles. The maximum absolute atomic E-state index is 13.2. The summed E-state index contributed by atoms with van der Waals surface area (Å²) in [5, 5.41) is 10.9. The molecular formula is C21H27NO4. The molecule has 0 spiro atoms. The largest absolute Gasteiger partial charge is 0.447 e. The topological polar surface area (TPSA) is 66.8 Å². The van der Waals surface area contributed by atoms with Crippen LogP contribution in [0.1, 0.15) is 50.2 Å². The van der Waals surface area contributed by atoms with Crippen LogP contribution in [0.25, 0.3) is 0 Å². The molecule has 4 aliphatic rings. The van der Waals surface area contributed by atoms with Crippen molar-refractivity contribution in [1.82, 2.24) is 4.90 Å². The first-order chi connectivity index (χ1) is 12.3. The van der Waals surface area contributed by atoms with Crippen LogP contribution in [-0.2, 0) is 14.3 Å². The van der Waals surface area contributed by atoms with E-state index in [4.69, 9.17) is 4.74 Å². The number of hydrogen-bond donors (Lipinski definition) is 1. The molecule has 1 N–H and O–H groups in total. The monoisotopic (exact) mass is 357 g/mol. The Morgan fingerprint density at radius 3 is 2.27 bits per heavy atom. The van der Waals surface area contributed by atoms with Gasteiger partial charge in [-0.15, -0.1) is 0 Å². The summed E-state index contributed by atoms with van der Waals surface area (Å²) in [6.45, 7) is 0. The van der Waals surface area contributed by atoms with E-state index in [1.807, 2.05) is 30.3 Å². The predicted molar refractivity (Wildman–Crippen MR) is 96.0 cm³/mol. The number of esters is 1. The lowest BCUT2D eigenvalue weighted by molar-refractivity contribution is -0.201. The van der Waals surface area contributed by atoms with E-state index in [-0.39, 0.29) is 11.9 Å². The molecule has 4 aliphatic carbocycles. The number of carbonyl (C=O) groups is 2. The van der Waals surface area contributed by atoms with Crippen molar-refractivity contribution < 1.29 is 19.4 Å². The molecule has 1 amide bonds. The van der Waals surface area contributed by atoms with E-state index in [2.05, 4.69) is 0 Å². The summed E-state index contributed by atoms with van der Waals surface area (Å²) in [6.07, 6.45) is 3.82. The molecule has 0 aliphatic heterocycles. The summed E-state index contributed by atoms with van der Waals surface area (Å²) < 4.78 is 5.85. The first-order valence-corrected chi connectivity index (χ1v) is 9.50. The number of likely N-dealkylation sites (N-methyl/N-ethyl adjacent to an activating group) is 1. The average molecular weight is 357 g/mol. The van der Waals surface area contributed by atoms with Crippen molar-refractivity contribution in [2.45, 2.75) is 50.2 Å². The maximum atomic E-state index is 13.2. The normalized spacial score (nSPS) is 35.8. The fraction of sp³-hybridized carbons (Fsp3) is 0.619. The number of hydrogen-bond acceptors (Lipinski definition) is 4. The molecule has 4 bridgehead atoms. The second-order valence-electron chi connectivity index (χ2n) is 8.89. The molecule has 4 fully saturated rings. The van der Waals surface area contributed by atoms with E-state index >= 15 is 0 Å². The Labute approximate surface area is 154 Å². The molecule has 0 aromatic heterocycles. The summed E-state index contributed by atoms with van der Waals surface area (Å²) >= 11 is 0. The number of ether oxygens (including phenoxy) is 1. The SMILES string of the molecule is CN(C)C(=O)[C@H](OC(=O)C12C[C@H]3C[C@@H](CC(O)(C3)C1)C2)c1ccccc1. The first-order valence-electron chi connectivity index (χ1n) is 9.50. The Kier molecular flexibility index (Phi) is 4.10. The van der Waals surface area contributed by atoms with Crippen LogP contribution < -0.4 is 0 Å². The maximum Gasteiger partial charge on any atom is 0.313 e. The van der Waals surface area contributed by atoms with Gasteiger partial charge in [0, 0.05) is 19.7 Å². The highest BCUT2D eigenvalue weighted by molar-refractivity contribution is 5.86. The van der Waals surface area contributed by atoms with Crippen LogP contribution in [0.2, 0.25) is 0 Å². The minimum atomic E-state index is -0.929. The van der Waals surface area contributed by atoms with E-state index in [0.29, 0.717) is 23.8 Å². The number of aliphatic hydroxyl groups is 1. The molecule has 5 heteroatoms. The van der Waals surface area contributed by atoms with Crippen molar-refractivity contribution in [3.05, 3.63) is 35.9 Å². The van der Waals surface area contributed by atoms with Gasteiger partial charge in [0.05, 0.1) is 11.0 Å². The van der Waals surface area contributed by atoms with Gasteiger partial charge in [0.1, 0.15) is 0 Å².